The maximum absolute atomic E-state index is 11.9. The molecule has 5 heteroatoms. The Morgan fingerprint density at radius 3 is 2.91 bits per heavy atom. The lowest BCUT2D eigenvalue weighted by atomic mass is 10.0. The molecule has 1 N–H and O–H groups in total. The summed E-state index contributed by atoms with van der Waals surface area (Å²) in [5.41, 5.74) is 1.61. The number of phenolic OH excluding ortho intramolecular Hbond substituents is 1. The van der Waals surface area contributed by atoms with Crippen LogP contribution in [0.25, 0.3) is 11.0 Å². The number of hydrogen-bond donors (Lipinski definition) is 1. The van der Waals surface area contributed by atoms with E-state index in [2.05, 4.69) is 18.7 Å². The molecule has 1 aromatic heterocycles. The molecule has 1 aromatic carbocycles. The molecule has 1 saturated heterocycles. The van der Waals surface area contributed by atoms with Crippen LogP contribution in [-0.2, 0) is 11.3 Å². The van der Waals surface area contributed by atoms with Gasteiger partial charge in [0.15, 0.2) is 0 Å². The van der Waals surface area contributed by atoms with E-state index in [1.54, 1.807) is 19.1 Å². The molecule has 0 saturated carbocycles. The van der Waals surface area contributed by atoms with E-state index in [-0.39, 0.29) is 17.5 Å². The molecule has 2 atom stereocenters. The molecule has 0 aliphatic carbocycles. The zero-order valence-electron chi connectivity index (χ0n) is 13.1. The first-order chi connectivity index (χ1) is 10.5. The van der Waals surface area contributed by atoms with Crippen LogP contribution < -0.4 is 5.63 Å². The lowest BCUT2D eigenvalue weighted by molar-refractivity contribution is -0.0525. The third kappa shape index (κ3) is 2.74. The minimum absolute atomic E-state index is 0.140. The molecule has 1 aliphatic rings. The van der Waals surface area contributed by atoms with E-state index in [1.165, 1.54) is 0 Å². The minimum atomic E-state index is -0.384. The monoisotopic (exact) mass is 303 g/mol. The van der Waals surface area contributed by atoms with Gasteiger partial charge < -0.3 is 14.3 Å². The Hall–Kier alpha value is -1.85. The van der Waals surface area contributed by atoms with Crippen LogP contribution in [0.15, 0.2) is 27.4 Å². The predicted octanol–water partition coefficient (Wildman–Crippen LogP) is 2.42. The van der Waals surface area contributed by atoms with Crippen LogP contribution >= 0.6 is 0 Å². The second-order valence-corrected chi connectivity index (χ2v) is 6.10. The maximum atomic E-state index is 11.9. The quantitative estimate of drug-likeness (QED) is 0.863. The molecule has 5 nitrogen and oxygen atoms in total. The summed E-state index contributed by atoms with van der Waals surface area (Å²) < 4.78 is 10.9. The number of aryl methyl sites for hydroxylation is 1. The standard InChI is InChI=1S/C17H21NO4/c1-10-9-21-11(2)7-18(10)8-13-6-16(20)22-17-12(3)15(19)5-4-14(13)17/h4-6,10-11,19H,7-9H2,1-3H3. The number of aromatic hydroxyl groups is 1. The molecule has 1 fully saturated rings. The molecule has 3 rings (SSSR count). The van der Waals surface area contributed by atoms with Gasteiger partial charge in [-0.15, -0.1) is 0 Å². The number of fused-ring (bicyclic) bond motifs is 1. The third-order valence-electron chi connectivity index (χ3n) is 4.33. The summed E-state index contributed by atoms with van der Waals surface area (Å²) in [6.45, 7) is 8.13. The van der Waals surface area contributed by atoms with Crippen molar-refractivity contribution in [3.05, 3.63) is 39.7 Å². The molecule has 0 bridgehead atoms. The minimum Gasteiger partial charge on any atom is -0.508 e. The zero-order chi connectivity index (χ0) is 15.9. The molecule has 1 aliphatic heterocycles. The van der Waals surface area contributed by atoms with E-state index in [0.717, 1.165) is 17.5 Å². The molecule has 2 aromatic rings. The van der Waals surface area contributed by atoms with Crippen molar-refractivity contribution in [3.8, 4) is 5.75 Å². The fourth-order valence-corrected chi connectivity index (χ4v) is 2.96. The van der Waals surface area contributed by atoms with E-state index in [0.29, 0.717) is 30.3 Å². The van der Waals surface area contributed by atoms with Crippen LogP contribution in [0.3, 0.4) is 0 Å². The van der Waals surface area contributed by atoms with Crippen LogP contribution in [0.1, 0.15) is 25.0 Å². The fourth-order valence-electron chi connectivity index (χ4n) is 2.96. The van der Waals surface area contributed by atoms with Crippen LogP contribution in [0.4, 0.5) is 0 Å². The Bertz CT molecular complexity index is 752. The predicted molar refractivity (Wildman–Crippen MR) is 84.2 cm³/mol. The van der Waals surface area contributed by atoms with Crippen molar-refractivity contribution >= 4 is 11.0 Å². The smallest absolute Gasteiger partial charge is 0.336 e. The molecule has 0 amide bonds. The lowest BCUT2D eigenvalue weighted by Gasteiger charge is -2.36. The highest BCUT2D eigenvalue weighted by molar-refractivity contribution is 5.84. The van der Waals surface area contributed by atoms with E-state index in [1.807, 2.05) is 6.07 Å². The van der Waals surface area contributed by atoms with Gasteiger partial charge in [-0.1, -0.05) is 0 Å². The van der Waals surface area contributed by atoms with Crippen LogP contribution in [0, 0.1) is 6.92 Å². The van der Waals surface area contributed by atoms with Gasteiger partial charge >= 0.3 is 5.63 Å². The average Bonchev–Trinajstić information content (AvgIpc) is 2.47. The number of rotatable bonds is 2. The van der Waals surface area contributed by atoms with Crippen molar-refractivity contribution in [3.63, 3.8) is 0 Å². The van der Waals surface area contributed by atoms with Gasteiger partial charge in [0.25, 0.3) is 0 Å². The first-order valence-corrected chi connectivity index (χ1v) is 7.56. The molecule has 118 valence electrons. The lowest BCUT2D eigenvalue weighted by Crippen LogP contribution is -2.46. The van der Waals surface area contributed by atoms with E-state index in [9.17, 15) is 9.90 Å². The van der Waals surface area contributed by atoms with Gasteiger partial charge in [0.05, 0.1) is 12.7 Å². The second-order valence-electron chi connectivity index (χ2n) is 6.10. The molecule has 0 radical (unpaired) electrons. The van der Waals surface area contributed by atoms with Crippen LogP contribution in [0.2, 0.25) is 0 Å². The molecule has 2 unspecified atom stereocenters. The summed E-state index contributed by atoms with van der Waals surface area (Å²) in [7, 11) is 0. The number of benzene rings is 1. The highest BCUT2D eigenvalue weighted by Crippen LogP contribution is 2.28. The first-order valence-electron chi connectivity index (χ1n) is 7.56. The molecule has 22 heavy (non-hydrogen) atoms. The van der Waals surface area contributed by atoms with Gasteiger partial charge in [0, 0.05) is 36.1 Å². The van der Waals surface area contributed by atoms with Crippen molar-refractivity contribution in [2.75, 3.05) is 13.2 Å². The van der Waals surface area contributed by atoms with Crippen molar-refractivity contribution in [1.29, 1.82) is 0 Å². The van der Waals surface area contributed by atoms with Crippen molar-refractivity contribution in [2.45, 2.75) is 39.5 Å². The second kappa shape index (κ2) is 5.74. The Balaban J connectivity index is 2.03. The average molecular weight is 303 g/mol. The summed E-state index contributed by atoms with van der Waals surface area (Å²) in [5.74, 6) is 0.140. The summed E-state index contributed by atoms with van der Waals surface area (Å²) in [5, 5.41) is 10.7. The Morgan fingerprint density at radius 1 is 1.36 bits per heavy atom. The van der Waals surface area contributed by atoms with E-state index in [4.69, 9.17) is 9.15 Å². The highest BCUT2D eigenvalue weighted by atomic mass is 16.5. The summed E-state index contributed by atoms with van der Waals surface area (Å²) in [6, 6.07) is 5.31. The molecular formula is C17H21NO4. The van der Waals surface area contributed by atoms with E-state index >= 15 is 0 Å². The highest BCUT2D eigenvalue weighted by Gasteiger charge is 2.24. The van der Waals surface area contributed by atoms with Crippen LogP contribution in [0.5, 0.6) is 5.75 Å². The van der Waals surface area contributed by atoms with E-state index < -0.39 is 0 Å². The Morgan fingerprint density at radius 2 is 2.14 bits per heavy atom. The zero-order valence-corrected chi connectivity index (χ0v) is 13.1. The fraction of sp³-hybridized carbons (Fsp3) is 0.471. The largest absolute Gasteiger partial charge is 0.508 e. The number of hydrogen-bond acceptors (Lipinski definition) is 5. The maximum Gasteiger partial charge on any atom is 0.336 e. The number of ether oxygens (including phenoxy) is 1. The third-order valence-corrected chi connectivity index (χ3v) is 4.33. The topological polar surface area (TPSA) is 62.9 Å². The number of phenols is 1. The van der Waals surface area contributed by atoms with Crippen molar-refractivity contribution in [1.82, 2.24) is 4.90 Å². The number of morpholine rings is 1. The first kappa shape index (κ1) is 15.1. The van der Waals surface area contributed by atoms with Gasteiger partial charge in [-0.3, -0.25) is 4.90 Å². The van der Waals surface area contributed by atoms with Gasteiger partial charge in [0.2, 0.25) is 0 Å². The van der Waals surface area contributed by atoms with Gasteiger partial charge in [0.1, 0.15) is 11.3 Å². The SMILES string of the molecule is Cc1c(O)ccc2c(CN3CC(C)OCC3C)cc(=O)oc12. The molecule has 0 spiro atoms. The molecule has 2 heterocycles. The molecular weight excluding hydrogens is 282 g/mol. The van der Waals surface area contributed by atoms with Gasteiger partial charge in [-0.25, -0.2) is 4.79 Å². The van der Waals surface area contributed by atoms with Gasteiger partial charge in [-0.05, 0) is 38.5 Å². The van der Waals surface area contributed by atoms with Gasteiger partial charge in [-0.2, -0.15) is 0 Å². The summed E-state index contributed by atoms with van der Waals surface area (Å²) >= 11 is 0. The van der Waals surface area contributed by atoms with Crippen molar-refractivity contribution in [2.24, 2.45) is 0 Å². The Kier molecular flexibility index (Phi) is 3.93. The van der Waals surface area contributed by atoms with Crippen LogP contribution in [-0.4, -0.2) is 35.3 Å². The Labute approximate surface area is 129 Å². The number of nitrogens with zero attached hydrogens (tertiary/aromatic N) is 1. The summed E-state index contributed by atoms with van der Waals surface area (Å²) in [6.07, 6.45) is 0.188. The summed E-state index contributed by atoms with van der Waals surface area (Å²) in [4.78, 5) is 14.2. The normalized spacial score (nSPS) is 23.0. The van der Waals surface area contributed by atoms with Crippen molar-refractivity contribution < 1.29 is 14.3 Å².